The Morgan fingerprint density at radius 3 is 1.40 bits per heavy atom. The van der Waals surface area contributed by atoms with Crippen LogP contribution in [0.1, 0.15) is 11.1 Å². The molecule has 2 amide bonds. The highest BCUT2D eigenvalue weighted by Crippen LogP contribution is 2.29. The molecule has 4 N–H and O–H groups in total. The number of amides is 2. The lowest BCUT2D eigenvalue weighted by molar-refractivity contribution is 0.0310. The molecule has 0 atom stereocenters. The van der Waals surface area contributed by atoms with Gasteiger partial charge in [-0.3, -0.25) is 0 Å². The molecule has 6 heteroatoms. The Balaban J connectivity index is 2.31. The van der Waals surface area contributed by atoms with Gasteiger partial charge in [0.25, 0.3) is 0 Å². The van der Waals surface area contributed by atoms with Gasteiger partial charge in [-0.15, -0.1) is 0 Å². The molecule has 0 saturated heterocycles. The third-order valence-electron chi connectivity index (χ3n) is 3.89. The van der Waals surface area contributed by atoms with Gasteiger partial charge in [-0.25, -0.2) is 9.59 Å². The SMILES string of the molecule is NC(=O)OCC(COC(N)=O)(Cc1ccccc1)Cc1ccccc1. The summed E-state index contributed by atoms with van der Waals surface area (Å²) >= 11 is 0. The number of carbonyl (C=O) groups excluding carboxylic acids is 2. The van der Waals surface area contributed by atoms with Crippen molar-refractivity contribution in [2.75, 3.05) is 13.2 Å². The minimum absolute atomic E-state index is 0.0133. The van der Waals surface area contributed by atoms with Crippen molar-refractivity contribution in [3.05, 3.63) is 71.8 Å². The van der Waals surface area contributed by atoms with Crippen molar-refractivity contribution in [3.8, 4) is 0 Å². The number of carbonyl (C=O) groups is 2. The monoisotopic (exact) mass is 342 g/mol. The Morgan fingerprint density at radius 2 is 1.08 bits per heavy atom. The van der Waals surface area contributed by atoms with E-state index >= 15 is 0 Å². The van der Waals surface area contributed by atoms with E-state index in [9.17, 15) is 9.59 Å². The van der Waals surface area contributed by atoms with Gasteiger partial charge in [-0.1, -0.05) is 60.7 Å². The average Bonchev–Trinajstić information content (AvgIpc) is 2.60. The van der Waals surface area contributed by atoms with Gasteiger partial charge in [-0.05, 0) is 24.0 Å². The van der Waals surface area contributed by atoms with Crippen LogP contribution in [0, 0.1) is 5.41 Å². The molecule has 0 saturated carbocycles. The molecule has 2 aromatic carbocycles. The average molecular weight is 342 g/mol. The van der Waals surface area contributed by atoms with Crippen LogP contribution in [0.4, 0.5) is 9.59 Å². The Morgan fingerprint density at radius 1 is 0.720 bits per heavy atom. The molecule has 0 aliphatic carbocycles. The summed E-state index contributed by atoms with van der Waals surface area (Å²) in [6.07, 6.45) is -0.679. The Labute approximate surface area is 146 Å². The maximum atomic E-state index is 11.2. The fourth-order valence-electron chi connectivity index (χ4n) is 2.81. The highest BCUT2D eigenvalue weighted by molar-refractivity contribution is 5.65. The largest absolute Gasteiger partial charge is 0.449 e. The van der Waals surface area contributed by atoms with Gasteiger partial charge in [0, 0.05) is 5.41 Å². The van der Waals surface area contributed by atoms with Crippen LogP contribution in [0.25, 0.3) is 0 Å². The van der Waals surface area contributed by atoms with Crippen molar-refractivity contribution < 1.29 is 19.1 Å². The highest BCUT2D eigenvalue weighted by Gasteiger charge is 2.34. The van der Waals surface area contributed by atoms with Crippen molar-refractivity contribution in [3.63, 3.8) is 0 Å². The van der Waals surface area contributed by atoms with Crippen LogP contribution in [0.2, 0.25) is 0 Å². The van der Waals surface area contributed by atoms with Crippen LogP contribution in [0.5, 0.6) is 0 Å². The Hall–Kier alpha value is -3.02. The van der Waals surface area contributed by atoms with Crippen LogP contribution in [0.15, 0.2) is 60.7 Å². The lowest BCUT2D eigenvalue weighted by Crippen LogP contribution is -2.40. The summed E-state index contributed by atoms with van der Waals surface area (Å²) in [5.74, 6) is 0. The summed E-state index contributed by atoms with van der Waals surface area (Å²) in [6.45, 7) is 0.0266. The lowest BCUT2D eigenvalue weighted by Gasteiger charge is -2.32. The zero-order valence-electron chi connectivity index (χ0n) is 13.9. The predicted octanol–water partition coefficient (Wildman–Crippen LogP) is 2.65. The second-order valence-electron chi connectivity index (χ2n) is 6.04. The second kappa shape index (κ2) is 8.73. The summed E-state index contributed by atoms with van der Waals surface area (Å²) in [4.78, 5) is 22.3. The first-order chi connectivity index (χ1) is 12.0. The fraction of sp³-hybridized carbons (Fsp3) is 0.263. The molecule has 132 valence electrons. The normalized spacial score (nSPS) is 10.9. The minimum Gasteiger partial charge on any atom is -0.449 e. The summed E-state index contributed by atoms with van der Waals surface area (Å²) in [5.41, 5.74) is 11.7. The van der Waals surface area contributed by atoms with Gasteiger partial charge >= 0.3 is 12.2 Å². The Bertz CT molecular complexity index is 628. The molecule has 0 spiro atoms. The van der Waals surface area contributed by atoms with E-state index in [-0.39, 0.29) is 13.2 Å². The van der Waals surface area contributed by atoms with E-state index in [4.69, 9.17) is 20.9 Å². The van der Waals surface area contributed by atoms with Crippen LogP contribution in [-0.4, -0.2) is 25.4 Å². The van der Waals surface area contributed by atoms with Crippen molar-refractivity contribution in [1.29, 1.82) is 0 Å². The van der Waals surface area contributed by atoms with Crippen LogP contribution < -0.4 is 11.5 Å². The van der Waals surface area contributed by atoms with E-state index in [1.165, 1.54) is 0 Å². The van der Waals surface area contributed by atoms with E-state index in [0.29, 0.717) is 12.8 Å². The maximum Gasteiger partial charge on any atom is 0.404 e. The molecule has 0 aliphatic heterocycles. The van der Waals surface area contributed by atoms with Crippen LogP contribution in [-0.2, 0) is 22.3 Å². The van der Waals surface area contributed by atoms with Gasteiger partial charge in [0.1, 0.15) is 13.2 Å². The molecule has 0 radical (unpaired) electrons. The summed E-state index contributed by atoms with van der Waals surface area (Å²) in [7, 11) is 0. The molecule has 2 aromatic rings. The minimum atomic E-state index is -0.871. The third kappa shape index (κ3) is 6.18. The topological polar surface area (TPSA) is 105 Å². The van der Waals surface area contributed by atoms with E-state index < -0.39 is 17.6 Å². The first kappa shape index (κ1) is 18.3. The number of benzene rings is 2. The lowest BCUT2D eigenvalue weighted by atomic mass is 9.77. The van der Waals surface area contributed by atoms with Gasteiger partial charge in [-0.2, -0.15) is 0 Å². The predicted molar refractivity (Wildman–Crippen MR) is 93.8 cm³/mol. The maximum absolute atomic E-state index is 11.2. The molecule has 0 aliphatic rings. The quantitative estimate of drug-likeness (QED) is 0.769. The Kier molecular flexibility index (Phi) is 6.39. The summed E-state index contributed by atoms with van der Waals surface area (Å²) < 4.78 is 10.2. The molecule has 25 heavy (non-hydrogen) atoms. The smallest absolute Gasteiger partial charge is 0.404 e. The zero-order chi connectivity index (χ0) is 18.1. The molecule has 2 rings (SSSR count). The molecule has 0 aromatic heterocycles. The molecule has 0 bridgehead atoms. The second-order valence-corrected chi connectivity index (χ2v) is 6.04. The number of ether oxygens (including phenoxy) is 2. The number of primary amides is 2. The molecular formula is C19H22N2O4. The van der Waals surface area contributed by atoms with Crippen LogP contribution in [0.3, 0.4) is 0 Å². The van der Waals surface area contributed by atoms with Crippen molar-refractivity contribution in [1.82, 2.24) is 0 Å². The number of rotatable bonds is 8. The molecular weight excluding hydrogens is 320 g/mol. The zero-order valence-corrected chi connectivity index (χ0v) is 13.9. The number of hydrogen-bond acceptors (Lipinski definition) is 4. The third-order valence-corrected chi connectivity index (χ3v) is 3.89. The number of hydrogen-bond donors (Lipinski definition) is 2. The van der Waals surface area contributed by atoms with E-state index in [2.05, 4.69) is 0 Å². The summed E-state index contributed by atoms with van der Waals surface area (Å²) in [5, 5.41) is 0. The standard InChI is InChI=1S/C19H22N2O4/c20-17(22)24-13-19(14-25-18(21)23,11-15-7-3-1-4-8-15)12-16-9-5-2-6-10-16/h1-10H,11-14H2,(H2,20,22)(H2,21,23). The van der Waals surface area contributed by atoms with E-state index in [1.807, 2.05) is 60.7 Å². The number of nitrogens with two attached hydrogens (primary N) is 2. The summed E-state index contributed by atoms with van der Waals surface area (Å²) in [6, 6.07) is 19.4. The van der Waals surface area contributed by atoms with Gasteiger partial charge < -0.3 is 20.9 Å². The first-order valence-corrected chi connectivity index (χ1v) is 7.91. The molecule has 6 nitrogen and oxygen atoms in total. The van der Waals surface area contributed by atoms with Crippen molar-refractivity contribution in [2.45, 2.75) is 12.8 Å². The first-order valence-electron chi connectivity index (χ1n) is 7.91. The van der Waals surface area contributed by atoms with Crippen molar-refractivity contribution in [2.24, 2.45) is 16.9 Å². The van der Waals surface area contributed by atoms with Gasteiger partial charge in [0.2, 0.25) is 0 Å². The van der Waals surface area contributed by atoms with Gasteiger partial charge in [0.05, 0.1) is 0 Å². The van der Waals surface area contributed by atoms with Crippen molar-refractivity contribution >= 4 is 12.2 Å². The molecule has 0 unspecified atom stereocenters. The molecule has 0 fully saturated rings. The highest BCUT2D eigenvalue weighted by atomic mass is 16.6. The van der Waals surface area contributed by atoms with E-state index in [0.717, 1.165) is 11.1 Å². The van der Waals surface area contributed by atoms with E-state index in [1.54, 1.807) is 0 Å². The molecule has 0 heterocycles. The fourth-order valence-corrected chi connectivity index (χ4v) is 2.81. The van der Waals surface area contributed by atoms with Crippen LogP contribution >= 0.6 is 0 Å². The van der Waals surface area contributed by atoms with Gasteiger partial charge in [0.15, 0.2) is 0 Å².